The number of hydrogen-bond donors (Lipinski definition) is 2. The molecule has 2 atom stereocenters. The topological polar surface area (TPSA) is 87.0 Å². The standard InChI is InChI=1S/C17H19N7/c1-23-8-11-6-10(23)9-24(11)14-3-5-19-16-15(14)12(7-21-16)13-2-4-20-17(18)22-13/h2-5,7,10-11H,6,8-9H2,1H3,(H,19,21)(H2,18,20,22)/t10-,11-/m1/s1. The molecule has 3 aromatic heterocycles. The van der Waals surface area contributed by atoms with E-state index in [-0.39, 0.29) is 5.95 Å². The second-order valence-corrected chi connectivity index (χ2v) is 6.69. The number of pyridine rings is 1. The highest BCUT2D eigenvalue weighted by molar-refractivity contribution is 6.02. The maximum atomic E-state index is 5.77. The van der Waals surface area contributed by atoms with Crippen molar-refractivity contribution < 1.29 is 0 Å². The van der Waals surface area contributed by atoms with Crippen molar-refractivity contribution in [2.75, 3.05) is 30.8 Å². The van der Waals surface area contributed by atoms with Gasteiger partial charge in [0.1, 0.15) is 5.65 Å². The number of nitrogens with two attached hydrogens (primary N) is 1. The summed E-state index contributed by atoms with van der Waals surface area (Å²) in [5.74, 6) is 0.286. The average Bonchev–Trinajstić information content (AvgIpc) is 3.27. The summed E-state index contributed by atoms with van der Waals surface area (Å²) in [5.41, 5.74) is 9.74. The van der Waals surface area contributed by atoms with Crippen LogP contribution in [0.1, 0.15) is 6.42 Å². The van der Waals surface area contributed by atoms with Gasteiger partial charge in [-0.15, -0.1) is 0 Å². The smallest absolute Gasteiger partial charge is 0.220 e. The number of nitrogens with one attached hydrogen (secondary N) is 1. The summed E-state index contributed by atoms with van der Waals surface area (Å²) < 4.78 is 0. The number of nitrogens with zero attached hydrogens (tertiary/aromatic N) is 5. The molecule has 3 aromatic rings. The Morgan fingerprint density at radius 2 is 2.04 bits per heavy atom. The van der Waals surface area contributed by atoms with Crippen LogP contribution in [0.4, 0.5) is 11.6 Å². The second-order valence-electron chi connectivity index (χ2n) is 6.69. The Bertz CT molecular complexity index is 916. The van der Waals surface area contributed by atoms with Gasteiger partial charge in [0.25, 0.3) is 0 Å². The summed E-state index contributed by atoms with van der Waals surface area (Å²) in [7, 11) is 2.22. The summed E-state index contributed by atoms with van der Waals surface area (Å²) >= 11 is 0. The molecular formula is C17H19N7. The zero-order valence-electron chi connectivity index (χ0n) is 13.5. The number of H-pyrrole nitrogens is 1. The molecule has 0 aromatic carbocycles. The lowest BCUT2D eigenvalue weighted by Gasteiger charge is -2.34. The number of rotatable bonds is 2. The van der Waals surface area contributed by atoms with E-state index in [1.807, 2.05) is 18.5 Å². The number of likely N-dealkylation sites (tertiary alicyclic amines) is 1. The molecule has 0 saturated carbocycles. The van der Waals surface area contributed by atoms with Gasteiger partial charge in [-0.05, 0) is 25.6 Å². The summed E-state index contributed by atoms with van der Waals surface area (Å²) in [6, 6.07) is 5.23. The molecule has 0 aliphatic carbocycles. The van der Waals surface area contributed by atoms with Crippen LogP contribution in [-0.4, -0.2) is 57.1 Å². The van der Waals surface area contributed by atoms with Gasteiger partial charge in [-0.2, -0.15) is 0 Å². The zero-order chi connectivity index (χ0) is 16.3. The van der Waals surface area contributed by atoms with Crippen molar-refractivity contribution in [3.63, 3.8) is 0 Å². The first-order valence-corrected chi connectivity index (χ1v) is 8.22. The molecule has 24 heavy (non-hydrogen) atoms. The number of aromatic amines is 1. The summed E-state index contributed by atoms with van der Waals surface area (Å²) in [5, 5.41) is 1.12. The van der Waals surface area contributed by atoms with Gasteiger partial charge in [-0.3, -0.25) is 4.90 Å². The molecule has 2 aliphatic heterocycles. The highest BCUT2D eigenvalue weighted by Crippen LogP contribution is 2.40. The van der Waals surface area contributed by atoms with E-state index in [2.05, 4.69) is 42.8 Å². The lowest BCUT2D eigenvalue weighted by Crippen LogP contribution is -2.44. The maximum Gasteiger partial charge on any atom is 0.220 e. The van der Waals surface area contributed by atoms with Gasteiger partial charge in [-0.1, -0.05) is 0 Å². The van der Waals surface area contributed by atoms with Crippen molar-refractivity contribution in [2.45, 2.75) is 18.5 Å². The van der Waals surface area contributed by atoms with Crippen molar-refractivity contribution >= 4 is 22.7 Å². The van der Waals surface area contributed by atoms with Crippen LogP contribution in [0, 0.1) is 0 Å². The third kappa shape index (κ3) is 1.91. The van der Waals surface area contributed by atoms with Crippen LogP contribution in [0.5, 0.6) is 0 Å². The molecular weight excluding hydrogens is 302 g/mol. The van der Waals surface area contributed by atoms with Crippen LogP contribution >= 0.6 is 0 Å². The van der Waals surface area contributed by atoms with Gasteiger partial charge in [0.2, 0.25) is 5.95 Å². The summed E-state index contributed by atoms with van der Waals surface area (Å²) in [4.78, 5) is 21.1. The van der Waals surface area contributed by atoms with E-state index in [1.165, 1.54) is 12.1 Å². The molecule has 2 saturated heterocycles. The fourth-order valence-electron chi connectivity index (χ4n) is 4.17. The summed E-state index contributed by atoms with van der Waals surface area (Å²) in [6.07, 6.45) is 6.77. The maximum absolute atomic E-state index is 5.77. The molecule has 7 heteroatoms. The number of hydrogen-bond acceptors (Lipinski definition) is 6. The molecule has 2 aliphatic rings. The van der Waals surface area contributed by atoms with Crippen molar-refractivity contribution in [1.29, 1.82) is 0 Å². The molecule has 0 spiro atoms. The van der Waals surface area contributed by atoms with Crippen molar-refractivity contribution in [1.82, 2.24) is 24.8 Å². The molecule has 0 unspecified atom stereocenters. The van der Waals surface area contributed by atoms with Crippen LogP contribution in [0.15, 0.2) is 30.7 Å². The van der Waals surface area contributed by atoms with Crippen molar-refractivity contribution in [2.24, 2.45) is 0 Å². The van der Waals surface area contributed by atoms with E-state index in [0.717, 1.165) is 35.4 Å². The number of aromatic nitrogens is 4. The molecule has 2 fully saturated rings. The van der Waals surface area contributed by atoms with E-state index in [4.69, 9.17) is 5.73 Å². The van der Waals surface area contributed by atoms with Gasteiger partial charge in [0, 0.05) is 49.3 Å². The van der Waals surface area contributed by atoms with E-state index >= 15 is 0 Å². The van der Waals surface area contributed by atoms with E-state index in [1.54, 1.807) is 6.20 Å². The molecule has 3 N–H and O–H groups in total. The Kier molecular flexibility index (Phi) is 2.81. The largest absolute Gasteiger partial charge is 0.368 e. The van der Waals surface area contributed by atoms with Gasteiger partial charge < -0.3 is 15.6 Å². The first kappa shape index (κ1) is 13.7. The molecule has 5 heterocycles. The Morgan fingerprint density at radius 1 is 1.17 bits per heavy atom. The molecule has 5 rings (SSSR count). The number of piperazine rings is 1. The van der Waals surface area contributed by atoms with Crippen molar-refractivity contribution in [3.05, 3.63) is 30.7 Å². The lowest BCUT2D eigenvalue weighted by molar-refractivity contribution is 0.293. The van der Waals surface area contributed by atoms with Crippen LogP contribution in [0.3, 0.4) is 0 Å². The Morgan fingerprint density at radius 3 is 2.79 bits per heavy atom. The molecule has 122 valence electrons. The average molecular weight is 321 g/mol. The Balaban J connectivity index is 1.66. The number of nitrogen functional groups attached to an aromatic ring is 1. The monoisotopic (exact) mass is 321 g/mol. The van der Waals surface area contributed by atoms with Gasteiger partial charge >= 0.3 is 0 Å². The Labute approximate surface area is 139 Å². The normalized spacial score (nSPS) is 23.5. The molecule has 7 nitrogen and oxygen atoms in total. The number of fused-ring (bicyclic) bond motifs is 3. The predicted octanol–water partition coefficient (Wildman–Crippen LogP) is 1.49. The third-order valence-electron chi connectivity index (χ3n) is 5.33. The van der Waals surface area contributed by atoms with Gasteiger partial charge in [0.15, 0.2) is 0 Å². The molecule has 0 amide bonds. The summed E-state index contributed by atoms with van der Waals surface area (Å²) in [6.45, 7) is 2.19. The minimum Gasteiger partial charge on any atom is -0.368 e. The molecule has 0 radical (unpaired) electrons. The highest BCUT2D eigenvalue weighted by Gasteiger charge is 2.42. The lowest BCUT2D eigenvalue weighted by atomic mass is 10.1. The first-order valence-electron chi connectivity index (χ1n) is 8.22. The minimum absolute atomic E-state index is 0.286. The first-order chi connectivity index (χ1) is 11.7. The van der Waals surface area contributed by atoms with Gasteiger partial charge in [0.05, 0.1) is 16.8 Å². The second kappa shape index (κ2) is 4.91. The predicted molar refractivity (Wildman–Crippen MR) is 93.7 cm³/mol. The quantitative estimate of drug-likeness (QED) is 0.744. The van der Waals surface area contributed by atoms with Crippen LogP contribution < -0.4 is 10.6 Å². The molecule has 2 bridgehead atoms. The van der Waals surface area contributed by atoms with Crippen LogP contribution in [0.2, 0.25) is 0 Å². The fraction of sp³-hybridized carbons (Fsp3) is 0.353. The van der Waals surface area contributed by atoms with E-state index < -0.39 is 0 Å². The van der Waals surface area contributed by atoms with Crippen LogP contribution in [-0.2, 0) is 0 Å². The minimum atomic E-state index is 0.286. The van der Waals surface area contributed by atoms with Crippen molar-refractivity contribution in [3.8, 4) is 11.3 Å². The fourth-order valence-corrected chi connectivity index (χ4v) is 4.17. The van der Waals surface area contributed by atoms with E-state index in [9.17, 15) is 0 Å². The Hall–Kier alpha value is -2.67. The SMILES string of the molecule is CN1C[C@H]2C[C@@H]1CN2c1ccnc2[nH]cc(-c3ccnc(N)n3)c12. The third-order valence-corrected chi connectivity index (χ3v) is 5.33. The van der Waals surface area contributed by atoms with E-state index in [0.29, 0.717) is 12.1 Å². The van der Waals surface area contributed by atoms with Gasteiger partial charge in [-0.25, -0.2) is 15.0 Å². The number of anilines is 2. The highest BCUT2D eigenvalue weighted by atomic mass is 15.3. The zero-order valence-corrected chi connectivity index (χ0v) is 13.5. The van der Waals surface area contributed by atoms with Crippen LogP contribution in [0.25, 0.3) is 22.3 Å². The number of likely N-dealkylation sites (N-methyl/N-ethyl adjacent to an activating group) is 1.